The van der Waals surface area contributed by atoms with Crippen LogP contribution < -0.4 is 10.6 Å². The Hall–Kier alpha value is -2.24. The van der Waals surface area contributed by atoms with Gasteiger partial charge in [0.15, 0.2) is 0 Å². The quantitative estimate of drug-likeness (QED) is 0.733. The summed E-state index contributed by atoms with van der Waals surface area (Å²) in [5, 5.41) is 5.91. The van der Waals surface area contributed by atoms with Crippen LogP contribution in [-0.2, 0) is 20.8 Å². The van der Waals surface area contributed by atoms with Gasteiger partial charge < -0.3 is 20.1 Å². The van der Waals surface area contributed by atoms with Gasteiger partial charge in [-0.05, 0) is 51.3 Å². The van der Waals surface area contributed by atoms with Crippen LogP contribution in [0.2, 0.25) is 0 Å². The number of rotatable bonds is 7. The van der Waals surface area contributed by atoms with Crippen molar-refractivity contribution >= 4 is 17.7 Å². The zero-order valence-corrected chi connectivity index (χ0v) is 16.0. The Balaban J connectivity index is 2.60. The summed E-state index contributed by atoms with van der Waals surface area (Å²) in [6.45, 7) is 11.9. The highest BCUT2D eigenvalue weighted by molar-refractivity contribution is 5.79. The smallest absolute Gasteiger partial charge is 0.407 e. The van der Waals surface area contributed by atoms with Gasteiger partial charge in [0.2, 0.25) is 0 Å². The van der Waals surface area contributed by atoms with Crippen molar-refractivity contribution in [1.82, 2.24) is 5.32 Å². The number of alkyl carbamates (subject to hydrolysis) is 1. The summed E-state index contributed by atoms with van der Waals surface area (Å²) in [5.41, 5.74) is 1.25. The second-order valence-electron chi connectivity index (χ2n) is 7.17. The molecule has 0 aliphatic rings. The minimum Gasteiger partial charge on any atom is -0.464 e. The summed E-state index contributed by atoms with van der Waals surface area (Å²) >= 11 is 0. The lowest BCUT2D eigenvalue weighted by molar-refractivity contribution is -0.145. The maximum absolute atomic E-state index is 12.0. The minimum absolute atomic E-state index is 0.104. The number of carbonyl (C=O) groups excluding carboxylic acids is 2. The molecule has 1 atom stereocenters. The summed E-state index contributed by atoms with van der Waals surface area (Å²) in [7, 11) is 0. The molecule has 0 unspecified atom stereocenters. The van der Waals surface area contributed by atoms with Crippen molar-refractivity contribution in [2.45, 2.75) is 59.7 Å². The first-order valence-electron chi connectivity index (χ1n) is 8.61. The summed E-state index contributed by atoms with van der Waals surface area (Å²) in [6.07, 6.45) is -0.447. The van der Waals surface area contributed by atoms with Crippen LogP contribution in [0.3, 0.4) is 0 Å². The number of carbonyl (C=O) groups is 2. The molecular weight excluding hydrogens is 320 g/mol. The summed E-state index contributed by atoms with van der Waals surface area (Å²) < 4.78 is 10.3. The molecule has 1 aromatic carbocycles. The molecule has 0 heterocycles. The number of hydrogen-bond donors (Lipinski definition) is 2. The van der Waals surface area contributed by atoms with E-state index in [0.29, 0.717) is 13.2 Å². The monoisotopic (exact) mass is 350 g/mol. The molecule has 0 aliphatic carbocycles. The van der Waals surface area contributed by atoms with Crippen LogP contribution in [0, 0.1) is 5.92 Å². The van der Waals surface area contributed by atoms with Crippen LogP contribution in [0.15, 0.2) is 24.3 Å². The molecule has 0 aliphatic heterocycles. The SMILES string of the molecule is CCOC(=O)[C@@H](Nc1ccc(CNC(=O)OC(C)(C)C)cc1)C(C)C. The Morgan fingerprint density at radius 3 is 2.20 bits per heavy atom. The summed E-state index contributed by atoms with van der Waals surface area (Å²) in [4.78, 5) is 23.7. The molecular formula is C19H30N2O4. The molecule has 0 radical (unpaired) electrons. The molecule has 0 saturated heterocycles. The standard InChI is InChI=1S/C19H30N2O4/c1-7-24-17(22)16(13(2)3)21-15-10-8-14(9-11-15)12-20-18(23)25-19(4,5)6/h8-11,13,16,21H,7,12H2,1-6H3,(H,20,23)/t16-/m0/s1. The maximum atomic E-state index is 12.0. The van der Waals surface area contributed by atoms with Crippen LogP contribution >= 0.6 is 0 Å². The number of benzene rings is 1. The molecule has 0 aromatic heterocycles. The van der Waals surface area contributed by atoms with Crippen molar-refractivity contribution in [3.8, 4) is 0 Å². The van der Waals surface area contributed by atoms with Crippen molar-refractivity contribution in [1.29, 1.82) is 0 Å². The van der Waals surface area contributed by atoms with E-state index in [0.717, 1.165) is 11.3 Å². The fourth-order valence-electron chi connectivity index (χ4n) is 2.12. The average molecular weight is 350 g/mol. The topological polar surface area (TPSA) is 76.7 Å². The Bertz CT molecular complexity index is 562. The third kappa shape index (κ3) is 7.92. The largest absolute Gasteiger partial charge is 0.464 e. The van der Waals surface area contributed by atoms with Gasteiger partial charge in [0.05, 0.1) is 6.61 Å². The first kappa shape index (κ1) is 20.8. The molecule has 6 nitrogen and oxygen atoms in total. The molecule has 0 fully saturated rings. The second-order valence-corrected chi connectivity index (χ2v) is 7.17. The van der Waals surface area contributed by atoms with Gasteiger partial charge in [-0.2, -0.15) is 0 Å². The van der Waals surface area contributed by atoms with Gasteiger partial charge in [0.1, 0.15) is 11.6 Å². The third-order valence-electron chi connectivity index (χ3n) is 3.32. The van der Waals surface area contributed by atoms with Crippen molar-refractivity contribution < 1.29 is 19.1 Å². The number of esters is 1. The highest BCUT2D eigenvalue weighted by atomic mass is 16.6. The van der Waals surface area contributed by atoms with E-state index < -0.39 is 17.7 Å². The van der Waals surface area contributed by atoms with E-state index in [1.165, 1.54) is 0 Å². The maximum Gasteiger partial charge on any atom is 0.407 e. The van der Waals surface area contributed by atoms with Gasteiger partial charge in [0.25, 0.3) is 0 Å². The fourth-order valence-corrected chi connectivity index (χ4v) is 2.12. The molecule has 140 valence electrons. The normalized spacial score (nSPS) is 12.4. The van der Waals surface area contributed by atoms with Crippen LogP contribution in [0.1, 0.15) is 47.1 Å². The first-order valence-corrected chi connectivity index (χ1v) is 8.61. The summed E-state index contributed by atoms with van der Waals surface area (Å²) in [5.74, 6) is -0.152. The minimum atomic E-state index is -0.517. The van der Waals surface area contributed by atoms with Crippen molar-refractivity contribution in [2.75, 3.05) is 11.9 Å². The Morgan fingerprint density at radius 1 is 1.12 bits per heavy atom. The van der Waals surface area contributed by atoms with Crippen LogP contribution in [0.25, 0.3) is 0 Å². The Kier molecular flexibility index (Phi) is 7.74. The molecule has 0 bridgehead atoms. The summed E-state index contributed by atoms with van der Waals surface area (Å²) in [6, 6.07) is 7.14. The van der Waals surface area contributed by atoms with Gasteiger partial charge in [0, 0.05) is 12.2 Å². The van der Waals surface area contributed by atoms with E-state index in [2.05, 4.69) is 10.6 Å². The predicted molar refractivity (Wildman–Crippen MR) is 98.4 cm³/mol. The number of nitrogens with one attached hydrogen (secondary N) is 2. The molecule has 1 amide bonds. The molecule has 0 spiro atoms. The molecule has 0 saturated carbocycles. The van der Waals surface area contributed by atoms with Crippen LogP contribution in [-0.4, -0.2) is 30.3 Å². The average Bonchev–Trinajstić information content (AvgIpc) is 2.50. The van der Waals surface area contributed by atoms with E-state index in [1.54, 1.807) is 6.92 Å². The van der Waals surface area contributed by atoms with E-state index in [4.69, 9.17) is 9.47 Å². The molecule has 2 N–H and O–H groups in total. The third-order valence-corrected chi connectivity index (χ3v) is 3.32. The van der Waals surface area contributed by atoms with Gasteiger partial charge >= 0.3 is 12.1 Å². The van der Waals surface area contributed by atoms with Gasteiger partial charge in [-0.15, -0.1) is 0 Å². The number of ether oxygens (including phenoxy) is 2. The van der Waals surface area contributed by atoms with Crippen LogP contribution in [0.5, 0.6) is 0 Å². The highest BCUT2D eigenvalue weighted by Crippen LogP contribution is 2.15. The van der Waals surface area contributed by atoms with Gasteiger partial charge in [-0.1, -0.05) is 26.0 Å². The lowest BCUT2D eigenvalue weighted by Gasteiger charge is -2.22. The van der Waals surface area contributed by atoms with Gasteiger partial charge in [-0.25, -0.2) is 9.59 Å². The Labute approximate surface area is 150 Å². The van der Waals surface area contributed by atoms with E-state index >= 15 is 0 Å². The van der Waals surface area contributed by atoms with Crippen molar-refractivity contribution in [3.63, 3.8) is 0 Å². The second kappa shape index (κ2) is 9.30. The number of hydrogen-bond acceptors (Lipinski definition) is 5. The van der Waals surface area contributed by atoms with E-state index in [1.807, 2.05) is 58.9 Å². The zero-order chi connectivity index (χ0) is 19.0. The number of amides is 1. The lowest BCUT2D eigenvalue weighted by Crippen LogP contribution is -2.36. The number of anilines is 1. The molecule has 25 heavy (non-hydrogen) atoms. The molecule has 1 aromatic rings. The predicted octanol–water partition coefficient (Wildman–Crippen LogP) is 3.71. The zero-order valence-electron chi connectivity index (χ0n) is 16.0. The molecule has 6 heteroatoms. The first-order chi connectivity index (χ1) is 11.6. The van der Waals surface area contributed by atoms with E-state index in [9.17, 15) is 9.59 Å². The van der Waals surface area contributed by atoms with Gasteiger partial charge in [-0.3, -0.25) is 0 Å². The Morgan fingerprint density at radius 2 is 1.72 bits per heavy atom. The van der Waals surface area contributed by atoms with Crippen molar-refractivity contribution in [2.24, 2.45) is 5.92 Å². The molecule has 1 rings (SSSR count). The van der Waals surface area contributed by atoms with E-state index in [-0.39, 0.29) is 11.9 Å². The lowest BCUT2D eigenvalue weighted by atomic mass is 10.0. The highest BCUT2D eigenvalue weighted by Gasteiger charge is 2.23. The van der Waals surface area contributed by atoms with Crippen LogP contribution in [0.4, 0.5) is 10.5 Å². The van der Waals surface area contributed by atoms with Crippen molar-refractivity contribution in [3.05, 3.63) is 29.8 Å². The fraction of sp³-hybridized carbons (Fsp3) is 0.579.